The minimum absolute atomic E-state index is 0.316. The third-order valence-corrected chi connectivity index (χ3v) is 4.04. The van der Waals surface area contributed by atoms with Crippen LogP contribution in [0.2, 0.25) is 0 Å². The summed E-state index contributed by atoms with van der Waals surface area (Å²) in [6.45, 7) is 8.15. The Morgan fingerprint density at radius 2 is 1.95 bits per heavy atom. The lowest BCUT2D eigenvalue weighted by Crippen LogP contribution is -2.44. The monoisotopic (exact) mass is 292 g/mol. The molecule has 1 fully saturated rings. The van der Waals surface area contributed by atoms with Gasteiger partial charge >= 0.3 is 0 Å². The number of β-amino-alcohol motifs (C(OH)–C–C–N with tert-alkyl or cyclic N) is 1. The Morgan fingerprint density at radius 3 is 2.62 bits per heavy atom. The number of likely N-dealkylation sites (tertiary alicyclic amines) is 1. The molecule has 4 nitrogen and oxygen atoms in total. The summed E-state index contributed by atoms with van der Waals surface area (Å²) in [7, 11) is 0. The Balaban J connectivity index is 1.80. The minimum atomic E-state index is -0.465. The van der Waals surface area contributed by atoms with Crippen LogP contribution in [0.5, 0.6) is 5.75 Å². The number of rotatable bonds is 6. The zero-order valence-electron chi connectivity index (χ0n) is 13.2. The van der Waals surface area contributed by atoms with Crippen LogP contribution < -0.4 is 10.5 Å². The summed E-state index contributed by atoms with van der Waals surface area (Å²) in [4.78, 5) is 2.35. The molecule has 2 rings (SSSR count). The van der Waals surface area contributed by atoms with Crippen molar-refractivity contribution in [3.8, 4) is 5.75 Å². The molecule has 4 heteroatoms. The van der Waals surface area contributed by atoms with E-state index in [1.807, 2.05) is 24.3 Å². The molecule has 0 aromatic heterocycles. The summed E-state index contributed by atoms with van der Waals surface area (Å²) in [5.74, 6) is 2.19. The van der Waals surface area contributed by atoms with Crippen LogP contribution in [-0.4, -0.2) is 42.4 Å². The van der Waals surface area contributed by atoms with Crippen molar-refractivity contribution < 1.29 is 9.84 Å². The zero-order valence-corrected chi connectivity index (χ0v) is 13.2. The van der Waals surface area contributed by atoms with Crippen LogP contribution in [0.25, 0.3) is 0 Å². The summed E-state index contributed by atoms with van der Waals surface area (Å²) in [6.07, 6.45) is 0.820. The van der Waals surface area contributed by atoms with Gasteiger partial charge in [-0.3, -0.25) is 0 Å². The van der Waals surface area contributed by atoms with E-state index in [-0.39, 0.29) is 0 Å². The molecule has 1 aliphatic heterocycles. The van der Waals surface area contributed by atoms with Gasteiger partial charge in [-0.15, -0.1) is 0 Å². The highest BCUT2D eigenvalue weighted by molar-refractivity contribution is 5.32. The predicted octanol–water partition coefficient (Wildman–Crippen LogP) is 1.86. The number of benzene rings is 1. The number of nitrogens with two attached hydrogens (primary N) is 1. The number of para-hydroxylation sites is 1. The predicted molar refractivity (Wildman–Crippen MR) is 85.2 cm³/mol. The number of hydrogen-bond donors (Lipinski definition) is 2. The molecular weight excluding hydrogens is 264 g/mol. The van der Waals surface area contributed by atoms with Gasteiger partial charge in [-0.05, 0) is 24.3 Å². The summed E-state index contributed by atoms with van der Waals surface area (Å²) in [6, 6.07) is 7.73. The second-order valence-corrected chi connectivity index (χ2v) is 6.44. The van der Waals surface area contributed by atoms with Crippen molar-refractivity contribution in [1.29, 1.82) is 0 Å². The van der Waals surface area contributed by atoms with Crippen molar-refractivity contribution in [3.05, 3.63) is 29.8 Å². The SMILES string of the molecule is CC1CC(C)CN(CC(O)COc2ccccc2CN)C1. The van der Waals surface area contributed by atoms with E-state index in [4.69, 9.17) is 10.5 Å². The van der Waals surface area contributed by atoms with Crippen molar-refractivity contribution in [2.75, 3.05) is 26.2 Å². The number of hydrogen-bond acceptors (Lipinski definition) is 4. The molecule has 0 saturated carbocycles. The average Bonchev–Trinajstić information content (AvgIpc) is 2.44. The Hall–Kier alpha value is -1.10. The lowest BCUT2D eigenvalue weighted by Gasteiger charge is -2.35. The van der Waals surface area contributed by atoms with Crippen molar-refractivity contribution >= 4 is 0 Å². The van der Waals surface area contributed by atoms with Crippen molar-refractivity contribution in [2.24, 2.45) is 17.6 Å². The van der Waals surface area contributed by atoms with Crippen molar-refractivity contribution in [2.45, 2.75) is 32.9 Å². The molecule has 0 amide bonds. The largest absolute Gasteiger partial charge is 0.491 e. The van der Waals surface area contributed by atoms with Crippen LogP contribution in [0, 0.1) is 11.8 Å². The highest BCUT2D eigenvalue weighted by Gasteiger charge is 2.23. The van der Waals surface area contributed by atoms with Crippen LogP contribution in [0.15, 0.2) is 24.3 Å². The van der Waals surface area contributed by atoms with Crippen LogP contribution >= 0.6 is 0 Å². The molecule has 21 heavy (non-hydrogen) atoms. The van der Waals surface area contributed by atoms with E-state index >= 15 is 0 Å². The van der Waals surface area contributed by atoms with Gasteiger partial charge in [0.1, 0.15) is 18.5 Å². The molecule has 3 atom stereocenters. The molecule has 1 aromatic carbocycles. The minimum Gasteiger partial charge on any atom is -0.491 e. The molecule has 3 unspecified atom stereocenters. The van der Waals surface area contributed by atoms with Gasteiger partial charge in [0.25, 0.3) is 0 Å². The van der Waals surface area contributed by atoms with E-state index in [9.17, 15) is 5.11 Å². The van der Waals surface area contributed by atoms with E-state index in [1.165, 1.54) is 6.42 Å². The Bertz CT molecular complexity index is 429. The topological polar surface area (TPSA) is 58.7 Å². The maximum absolute atomic E-state index is 10.2. The fourth-order valence-corrected chi connectivity index (χ4v) is 3.29. The second-order valence-electron chi connectivity index (χ2n) is 6.44. The molecule has 1 heterocycles. The summed E-state index contributed by atoms with van der Waals surface area (Å²) in [5, 5.41) is 10.2. The van der Waals surface area contributed by atoms with Gasteiger partial charge < -0.3 is 20.5 Å². The maximum atomic E-state index is 10.2. The van der Waals surface area contributed by atoms with E-state index in [2.05, 4.69) is 18.7 Å². The number of ether oxygens (including phenoxy) is 1. The van der Waals surface area contributed by atoms with Gasteiger partial charge in [0, 0.05) is 31.7 Å². The van der Waals surface area contributed by atoms with Crippen LogP contribution in [0.3, 0.4) is 0 Å². The average molecular weight is 292 g/mol. The van der Waals surface area contributed by atoms with Gasteiger partial charge in [0.05, 0.1) is 0 Å². The van der Waals surface area contributed by atoms with E-state index in [1.54, 1.807) is 0 Å². The first kappa shape index (κ1) is 16.3. The van der Waals surface area contributed by atoms with Crippen LogP contribution in [0.1, 0.15) is 25.8 Å². The number of aliphatic hydroxyl groups is 1. The summed E-state index contributed by atoms with van der Waals surface area (Å²) >= 11 is 0. The maximum Gasteiger partial charge on any atom is 0.123 e. The quantitative estimate of drug-likeness (QED) is 0.840. The highest BCUT2D eigenvalue weighted by Crippen LogP contribution is 2.21. The number of aliphatic hydroxyl groups excluding tert-OH is 1. The molecule has 1 aliphatic rings. The molecule has 1 saturated heterocycles. The first-order valence-corrected chi connectivity index (χ1v) is 7.89. The molecule has 0 radical (unpaired) electrons. The normalized spacial score (nSPS) is 24.8. The zero-order chi connectivity index (χ0) is 15.2. The first-order valence-electron chi connectivity index (χ1n) is 7.89. The first-order chi connectivity index (χ1) is 10.1. The Kier molecular flexibility index (Phi) is 6.03. The van der Waals surface area contributed by atoms with Crippen molar-refractivity contribution in [1.82, 2.24) is 4.90 Å². The molecule has 0 bridgehead atoms. The van der Waals surface area contributed by atoms with Crippen LogP contribution in [-0.2, 0) is 6.54 Å². The Morgan fingerprint density at radius 1 is 1.29 bits per heavy atom. The fourth-order valence-electron chi connectivity index (χ4n) is 3.29. The van der Waals surface area contributed by atoms with Gasteiger partial charge in [0.2, 0.25) is 0 Å². The smallest absolute Gasteiger partial charge is 0.123 e. The van der Waals surface area contributed by atoms with Crippen molar-refractivity contribution in [3.63, 3.8) is 0 Å². The molecular formula is C17H28N2O2. The molecule has 118 valence electrons. The molecule has 0 aliphatic carbocycles. The van der Waals surface area contributed by atoms with E-state index in [0.717, 1.165) is 24.4 Å². The Labute approximate surface area is 127 Å². The van der Waals surface area contributed by atoms with Gasteiger partial charge in [-0.1, -0.05) is 32.0 Å². The second kappa shape index (κ2) is 7.78. The third kappa shape index (κ3) is 4.99. The number of nitrogens with zero attached hydrogens (tertiary/aromatic N) is 1. The molecule has 1 aromatic rings. The third-order valence-electron chi connectivity index (χ3n) is 4.04. The summed E-state index contributed by atoms with van der Waals surface area (Å²) in [5.41, 5.74) is 6.66. The van der Waals surface area contributed by atoms with Gasteiger partial charge in [0.15, 0.2) is 0 Å². The summed E-state index contributed by atoms with van der Waals surface area (Å²) < 4.78 is 5.73. The van der Waals surface area contributed by atoms with Gasteiger partial charge in [-0.2, -0.15) is 0 Å². The van der Waals surface area contributed by atoms with Crippen LogP contribution in [0.4, 0.5) is 0 Å². The lowest BCUT2D eigenvalue weighted by molar-refractivity contribution is 0.0427. The van der Waals surface area contributed by atoms with Gasteiger partial charge in [-0.25, -0.2) is 0 Å². The highest BCUT2D eigenvalue weighted by atomic mass is 16.5. The van der Waals surface area contributed by atoms with E-state index < -0.39 is 6.10 Å². The fraction of sp³-hybridized carbons (Fsp3) is 0.647. The lowest BCUT2D eigenvalue weighted by atomic mass is 9.92. The molecule has 3 N–H and O–H groups in total. The number of piperidine rings is 1. The molecule has 0 spiro atoms. The standard InChI is InChI=1S/C17H28N2O2/c1-13-7-14(2)10-19(9-13)11-16(20)12-21-17-6-4-3-5-15(17)8-18/h3-6,13-14,16,20H,7-12,18H2,1-2H3. The van der Waals surface area contributed by atoms with E-state index in [0.29, 0.717) is 31.5 Å².